The molecule has 98 valence electrons. The molecule has 19 heavy (non-hydrogen) atoms. The van der Waals surface area contributed by atoms with Crippen LogP contribution in [0, 0.1) is 0 Å². The number of aromatic nitrogens is 1. The lowest BCUT2D eigenvalue weighted by Crippen LogP contribution is -2.26. The molecule has 0 bridgehead atoms. The van der Waals surface area contributed by atoms with Crippen LogP contribution in [0.3, 0.4) is 0 Å². The van der Waals surface area contributed by atoms with Gasteiger partial charge in [0.15, 0.2) is 0 Å². The van der Waals surface area contributed by atoms with Gasteiger partial charge in [0, 0.05) is 18.8 Å². The molecule has 0 saturated carbocycles. The van der Waals surface area contributed by atoms with Crippen LogP contribution in [-0.2, 0) is 6.54 Å². The molecule has 1 amide bonds. The van der Waals surface area contributed by atoms with E-state index in [1.807, 2.05) is 18.2 Å². The maximum atomic E-state index is 12.2. The van der Waals surface area contributed by atoms with Gasteiger partial charge in [0.1, 0.15) is 0 Å². The van der Waals surface area contributed by atoms with Crippen molar-refractivity contribution >= 4 is 23.2 Å². The number of rotatable bonds is 3. The summed E-state index contributed by atoms with van der Waals surface area (Å²) in [4.78, 5) is 18.0. The number of amides is 1. The molecule has 1 heterocycles. The zero-order valence-corrected chi connectivity index (χ0v) is 11.3. The monoisotopic (exact) mass is 275 g/mol. The molecule has 0 aliphatic carbocycles. The van der Waals surface area contributed by atoms with Gasteiger partial charge >= 0.3 is 0 Å². The van der Waals surface area contributed by atoms with E-state index in [1.54, 1.807) is 36.3 Å². The maximum Gasteiger partial charge on any atom is 0.254 e. The third-order valence-corrected chi connectivity index (χ3v) is 3.05. The maximum absolute atomic E-state index is 12.2. The predicted molar refractivity (Wildman–Crippen MR) is 75.9 cm³/mol. The van der Waals surface area contributed by atoms with Crippen LogP contribution < -0.4 is 5.73 Å². The molecule has 0 saturated heterocycles. The Morgan fingerprint density at radius 3 is 2.79 bits per heavy atom. The summed E-state index contributed by atoms with van der Waals surface area (Å²) in [5.41, 5.74) is 7.43. The molecule has 4 nitrogen and oxygen atoms in total. The number of pyridine rings is 1. The lowest BCUT2D eigenvalue weighted by Gasteiger charge is -2.17. The molecule has 1 aromatic heterocycles. The summed E-state index contributed by atoms with van der Waals surface area (Å²) in [5, 5.41) is 0.386. The van der Waals surface area contributed by atoms with Crippen molar-refractivity contribution in [3.8, 4) is 0 Å². The first-order valence-electron chi connectivity index (χ1n) is 5.78. The van der Waals surface area contributed by atoms with Crippen molar-refractivity contribution in [2.45, 2.75) is 6.54 Å². The Balaban J connectivity index is 2.12. The largest absolute Gasteiger partial charge is 0.398 e. The van der Waals surface area contributed by atoms with E-state index in [-0.39, 0.29) is 5.91 Å². The Bertz CT molecular complexity index is 586. The number of nitrogens with zero attached hydrogens (tertiary/aromatic N) is 2. The lowest BCUT2D eigenvalue weighted by molar-refractivity contribution is 0.0783. The van der Waals surface area contributed by atoms with Crippen molar-refractivity contribution < 1.29 is 4.79 Å². The Hall–Kier alpha value is -2.07. The Morgan fingerprint density at radius 2 is 2.16 bits per heavy atom. The molecule has 1 aromatic carbocycles. The molecule has 0 aliphatic heterocycles. The summed E-state index contributed by atoms with van der Waals surface area (Å²) in [7, 11) is 1.72. The quantitative estimate of drug-likeness (QED) is 0.876. The van der Waals surface area contributed by atoms with E-state index in [4.69, 9.17) is 17.3 Å². The van der Waals surface area contributed by atoms with Gasteiger partial charge in [-0.1, -0.05) is 17.7 Å². The standard InChI is InChI=1S/C14H14ClN3O/c1-18(9-11-4-2-3-7-17-11)14(19)10-5-6-13(16)12(15)8-10/h2-8H,9,16H2,1H3. The van der Waals surface area contributed by atoms with E-state index in [2.05, 4.69) is 4.98 Å². The van der Waals surface area contributed by atoms with Gasteiger partial charge in [0.25, 0.3) is 5.91 Å². The van der Waals surface area contributed by atoms with Crippen LogP contribution in [-0.4, -0.2) is 22.8 Å². The fourth-order valence-electron chi connectivity index (χ4n) is 1.69. The van der Waals surface area contributed by atoms with Crippen LogP contribution in [0.5, 0.6) is 0 Å². The first kappa shape index (κ1) is 13.4. The van der Waals surface area contributed by atoms with E-state index in [1.165, 1.54) is 0 Å². The molecular formula is C14H14ClN3O. The van der Waals surface area contributed by atoms with Crippen molar-refractivity contribution in [2.24, 2.45) is 0 Å². The fraction of sp³-hybridized carbons (Fsp3) is 0.143. The van der Waals surface area contributed by atoms with Gasteiger partial charge in [-0.2, -0.15) is 0 Å². The van der Waals surface area contributed by atoms with Crippen molar-refractivity contribution in [1.82, 2.24) is 9.88 Å². The summed E-state index contributed by atoms with van der Waals surface area (Å²) < 4.78 is 0. The number of hydrogen-bond acceptors (Lipinski definition) is 3. The van der Waals surface area contributed by atoms with Crippen LogP contribution in [0.2, 0.25) is 5.02 Å². The molecule has 0 spiro atoms. The Morgan fingerprint density at radius 1 is 1.37 bits per heavy atom. The molecule has 0 radical (unpaired) electrons. The number of carbonyl (C=O) groups excluding carboxylic acids is 1. The molecule has 0 aliphatic rings. The highest BCUT2D eigenvalue weighted by atomic mass is 35.5. The second kappa shape index (κ2) is 5.71. The predicted octanol–water partition coefficient (Wildman–Crippen LogP) is 2.59. The fourth-order valence-corrected chi connectivity index (χ4v) is 1.87. The second-order valence-corrected chi connectivity index (χ2v) is 4.63. The molecule has 0 fully saturated rings. The van der Waals surface area contributed by atoms with Crippen LogP contribution in [0.25, 0.3) is 0 Å². The van der Waals surface area contributed by atoms with Gasteiger partial charge in [-0.25, -0.2) is 0 Å². The topological polar surface area (TPSA) is 59.2 Å². The van der Waals surface area contributed by atoms with Crippen LogP contribution >= 0.6 is 11.6 Å². The number of benzene rings is 1. The number of nitrogen functional groups attached to an aromatic ring is 1. The number of halogens is 1. The Labute approximate surface area is 116 Å². The van der Waals surface area contributed by atoms with E-state index in [0.717, 1.165) is 5.69 Å². The third kappa shape index (κ3) is 3.23. The van der Waals surface area contributed by atoms with Gasteiger partial charge in [0.2, 0.25) is 0 Å². The minimum atomic E-state index is -0.118. The molecule has 0 unspecified atom stereocenters. The van der Waals surface area contributed by atoms with Crippen LogP contribution in [0.4, 0.5) is 5.69 Å². The molecule has 2 N–H and O–H groups in total. The highest BCUT2D eigenvalue weighted by Crippen LogP contribution is 2.20. The zero-order chi connectivity index (χ0) is 13.8. The van der Waals surface area contributed by atoms with Crippen molar-refractivity contribution in [1.29, 1.82) is 0 Å². The number of nitrogens with two attached hydrogens (primary N) is 1. The summed E-state index contributed by atoms with van der Waals surface area (Å²) in [5.74, 6) is -0.118. The van der Waals surface area contributed by atoms with Gasteiger partial charge in [-0.3, -0.25) is 9.78 Å². The van der Waals surface area contributed by atoms with Gasteiger partial charge < -0.3 is 10.6 Å². The smallest absolute Gasteiger partial charge is 0.254 e. The van der Waals surface area contributed by atoms with Gasteiger partial charge in [-0.15, -0.1) is 0 Å². The lowest BCUT2D eigenvalue weighted by atomic mass is 10.2. The van der Waals surface area contributed by atoms with E-state index in [0.29, 0.717) is 22.8 Å². The normalized spacial score (nSPS) is 10.2. The van der Waals surface area contributed by atoms with Gasteiger partial charge in [0.05, 0.1) is 22.9 Å². The second-order valence-electron chi connectivity index (χ2n) is 4.22. The van der Waals surface area contributed by atoms with Crippen molar-refractivity contribution in [3.05, 3.63) is 58.9 Å². The first-order valence-corrected chi connectivity index (χ1v) is 6.16. The molecule has 2 aromatic rings. The highest BCUT2D eigenvalue weighted by Gasteiger charge is 2.13. The average molecular weight is 276 g/mol. The third-order valence-electron chi connectivity index (χ3n) is 2.72. The van der Waals surface area contributed by atoms with Gasteiger partial charge in [-0.05, 0) is 30.3 Å². The van der Waals surface area contributed by atoms with Crippen LogP contribution in [0.15, 0.2) is 42.6 Å². The average Bonchev–Trinajstić information content (AvgIpc) is 2.42. The zero-order valence-electron chi connectivity index (χ0n) is 10.5. The molecular weight excluding hydrogens is 262 g/mol. The Kier molecular flexibility index (Phi) is 4.02. The van der Waals surface area contributed by atoms with Crippen molar-refractivity contribution in [3.63, 3.8) is 0 Å². The summed E-state index contributed by atoms with van der Waals surface area (Å²) in [6, 6.07) is 10.5. The summed E-state index contributed by atoms with van der Waals surface area (Å²) in [6.07, 6.45) is 1.70. The van der Waals surface area contributed by atoms with E-state index < -0.39 is 0 Å². The minimum Gasteiger partial charge on any atom is -0.398 e. The SMILES string of the molecule is CN(Cc1ccccn1)C(=O)c1ccc(N)c(Cl)c1. The minimum absolute atomic E-state index is 0.118. The van der Waals surface area contributed by atoms with E-state index >= 15 is 0 Å². The first-order chi connectivity index (χ1) is 9.08. The summed E-state index contributed by atoms with van der Waals surface area (Å²) >= 11 is 5.91. The number of hydrogen-bond donors (Lipinski definition) is 1. The summed E-state index contributed by atoms with van der Waals surface area (Å²) in [6.45, 7) is 0.446. The van der Waals surface area contributed by atoms with Crippen LogP contribution in [0.1, 0.15) is 16.1 Å². The number of anilines is 1. The molecule has 2 rings (SSSR count). The van der Waals surface area contributed by atoms with E-state index in [9.17, 15) is 4.79 Å². The van der Waals surface area contributed by atoms with Crippen molar-refractivity contribution in [2.75, 3.05) is 12.8 Å². The molecule has 0 atom stereocenters. The number of carbonyl (C=O) groups is 1. The highest BCUT2D eigenvalue weighted by molar-refractivity contribution is 6.33. The molecule has 5 heteroatoms.